The molecule has 0 atom stereocenters. The van der Waals surface area contributed by atoms with Crippen LogP contribution in [-0.2, 0) is 6.67 Å². The van der Waals surface area contributed by atoms with Gasteiger partial charge in [0.25, 0.3) is 0 Å². The van der Waals surface area contributed by atoms with Crippen molar-refractivity contribution >= 4 is 5.69 Å². The average Bonchev–Trinajstić information content (AvgIpc) is 2.01. The Morgan fingerprint density at radius 1 is 1.43 bits per heavy atom. The Bertz CT molecular complexity index is 326. The largest absolute Gasteiger partial charge is 0.573 e. The van der Waals surface area contributed by atoms with Gasteiger partial charge in [-0.05, 0) is 0 Å². The lowest BCUT2D eigenvalue weighted by molar-refractivity contribution is -0.275. The highest BCUT2D eigenvalue weighted by molar-refractivity contribution is 5.43. The first-order chi connectivity index (χ1) is 6.42. The number of halogens is 4. The lowest BCUT2D eigenvalue weighted by Gasteiger charge is -2.11. The molecule has 1 rings (SSSR count). The van der Waals surface area contributed by atoms with E-state index in [9.17, 15) is 17.6 Å². The van der Waals surface area contributed by atoms with Crippen LogP contribution in [0.1, 0.15) is 5.69 Å². The molecule has 1 heterocycles. The lowest BCUT2D eigenvalue weighted by atomic mass is 10.3. The summed E-state index contributed by atoms with van der Waals surface area (Å²) in [5, 5.41) is 0. The maximum atomic E-state index is 12.1. The number of nitrogens with zero attached hydrogens (tertiary/aromatic N) is 1. The maximum absolute atomic E-state index is 12.1. The summed E-state index contributed by atoms with van der Waals surface area (Å²) in [5.41, 5.74) is 4.71. The predicted molar refractivity (Wildman–Crippen MR) is 40.1 cm³/mol. The van der Waals surface area contributed by atoms with Crippen LogP contribution < -0.4 is 10.5 Å². The Kier molecular flexibility index (Phi) is 2.78. The SMILES string of the molecule is Nc1cnc(CF)c(OC(F)(F)F)c1. The summed E-state index contributed by atoms with van der Waals surface area (Å²) in [6.45, 7) is -1.15. The number of anilines is 1. The third kappa shape index (κ3) is 2.75. The molecule has 0 fully saturated rings. The zero-order valence-electron chi connectivity index (χ0n) is 6.81. The van der Waals surface area contributed by atoms with Gasteiger partial charge in [-0.15, -0.1) is 13.2 Å². The molecule has 3 nitrogen and oxygen atoms in total. The molecular weight excluding hydrogens is 204 g/mol. The first kappa shape index (κ1) is 10.6. The van der Waals surface area contributed by atoms with Crippen LogP contribution in [0.15, 0.2) is 12.3 Å². The minimum absolute atomic E-state index is 0.0264. The van der Waals surface area contributed by atoms with E-state index in [0.717, 1.165) is 12.3 Å². The van der Waals surface area contributed by atoms with Gasteiger partial charge in [-0.2, -0.15) is 0 Å². The van der Waals surface area contributed by atoms with E-state index in [0.29, 0.717) is 0 Å². The van der Waals surface area contributed by atoms with Crippen LogP contribution in [0.3, 0.4) is 0 Å². The number of aromatic nitrogens is 1. The topological polar surface area (TPSA) is 48.1 Å². The van der Waals surface area contributed by atoms with Gasteiger partial charge < -0.3 is 10.5 Å². The highest BCUT2D eigenvalue weighted by atomic mass is 19.4. The first-order valence-electron chi connectivity index (χ1n) is 3.48. The van der Waals surface area contributed by atoms with Crippen molar-refractivity contribution in [1.29, 1.82) is 0 Å². The van der Waals surface area contributed by atoms with E-state index in [1.54, 1.807) is 0 Å². The molecule has 0 aromatic carbocycles. The molecule has 2 N–H and O–H groups in total. The van der Waals surface area contributed by atoms with Crippen LogP contribution in [0.25, 0.3) is 0 Å². The normalized spacial score (nSPS) is 11.4. The van der Waals surface area contributed by atoms with E-state index >= 15 is 0 Å². The average molecular weight is 210 g/mol. The number of nitrogens with two attached hydrogens (primary N) is 1. The van der Waals surface area contributed by atoms with Crippen molar-refractivity contribution in [3.8, 4) is 5.75 Å². The Morgan fingerprint density at radius 3 is 2.57 bits per heavy atom. The fraction of sp³-hybridized carbons (Fsp3) is 0.286. The lowest BCUT2D eigenvalue weighted by Crippen LogP contribution is -2.18. The number of ether oxygens (including phenoxy) is 1. The molecule has 78 valence electrons. The third-order valence-corrected chi connectivity index (χ3v) is 1.30. The molecule has 0 aliphatic rings. The van der Waals surface area contributed by atoms with Crippen molar-refractivity contribution in [2.75, 3.05) is 5.73 Å². The van der Waals surface area contributed by atoms with E-state index in [1.807, 2.05) is 0 Å². The number of nitrogen functional groups attached to an aromatic ring is 1. The van der Waals surface area contributed by atoms with Gasteiger partial charge in [-0.1, -0.05) is 0 Å². The summed E-state index contributed by atoms with van der Waals surface area (Å²) >= 11 is 0. The fourth-order valence-corrected chi connectivity index (χ4v) is 0.801. The second kappa shape index (κ2) is 3.69. The van der Waals surface area contributed by atoms with Crippen molar-refractivity contribution in [2.45, 2.75) is 13.0 Å². The molecule has 7 heteroatoms. The zero-order chi connectivity index (χ0) is 10.8. The Morgan fingerprint density at radius 2 is 2.07 bits per heavy atom. The highest BCUT2D eigenvalue weighted by Gasteiger charge is 2.32. The molecule has 0 amide bonds. The van der Waals surface area contributed by atoms with Crippen molar-refractivity contribution in [3.05, 3.63) is 18.0 Å². The number of rotatable bonds is 2. The van der Waals surface area contributed by atoms with E-state index in [1.165, 1.54) is 0 Å². The summed E-state index contributed by atoms with van der Waals surface area (Å²) < 4.78 is 51.0. The van der Waals surface area contributed by atoms with Crippen molar-refractivity contribution in [1.82, 2.24) is 4.98 Å². The standard InChI is InChI=1S/C7H6F4N2O/c8-2-5-6(14-7(9,10)11)1-4(12)3-13-5/h1,3H,2,12H2. The van der Waals surface area contributed by atoms with Gasteiger partial charge in [0.2, 0.25) is 0 Å². The van der Waals surface area contributed by atoms with E-state index in [-0.39, 0.29) is 5.69 Å². The van der Waals surface area contributed by atoms with Crippen molar-refractivity contribution in [3.63, 3.8) is 0 Å². The maximum Gasteiger partial charge on any atom is 0.573 e. The fourth-order valence-electron chi connectivity index (χ4n) is 0.801. The van der Waals surface area contributed by atoms with E-state index in [2.05, 4.69) is 9.72 Å². The quantitative estimate of drug-likeness (QED) is 0.759. The molecule has 0 aliphatic carbocycles. The minimum atomic E-state index is -4.88. The molecule has 0 unspecified atom stereocenters. The minimum Gasteiger partial charge on any atom is -0.404 e. The Hall–Kier alpha value is -1.53. The molecule has 0 saturated carbocycles. The number of pyridine rings is 1. The highest BCUT2D eigenvalue weighted by Crippen LogP contribution is 2.27. The first-order valence-corrected chi connectivity index (χ1v) is 3.48. The monoisotopic (exact) mass is 210 g/mol. The molecule has 0 radical (unpaired) electrons. The van der Waals surface area contributed by atoms with Gasteiger partial charge in [-0.3, -0.25) is 4.98 Å². The molecule has 1 aromatic rings. The van der Waals surface area contributed by atoms with Crippen LogP contribution in [0.5, 0.6) is 5.75 Å². The Labute approximate surface area is 76.5 Å². The summed E-state index contributed by atoms with van der Waals surface area (Å²) in [5.74, 6) is -0.708. The molecule has 0 bridgehead atoms. The van der Waals surface area contributed by atoms with Crippen LogP contribution in [0.2, 0.25) is 0 Å². The molecule has 1 aromatic heterocycles. The molecule has 14 heavy (non-hydrogen) atoms. The van der Waals surface area contributed by atoms with E-state index in [4.69, 9.17) is 5.73 Å². The van der Waals surface area contributed by atoms with Gasteiger partial charge in [0.15, 0.2) is 5.75 Å². The van der Waals surface area contributed by atoms with Gasteiger partial charge in [0.05, 0.1) is 11.9 Å². The second-order valence-corrected chi connectivity index (χ2v) is 2.39. The van der Waals surface area contributed by atoms with Crippen LogP contribution in [0.4, 0.5) is 23.2 Å². The predicted octanol–water partition coefficient (Wildman–Crippen LogP) is 2.03. The van der Waals surface area contributed by atoms with Crippen molar-refractivity contribution in [2.24, 2.45) is 0 Å². The summed E-state index contributed by atoms with van der Waals surface area (Å²) in [7, 11) is 0. The molecular formula is C7H6F4N2O. The number of hydrogen-bond acceptors (Lipinski definition) is 3. The van der Waals surface area contributed by atoms with Crippen LogP contribution in [0, 0.1) is 0 Å². The van der Waals surface area contributed by atoms with Crippen LogP contribution >= 0.6 is 0 Å². The molecule has 0 saturated heterocycles. The van der Waals surface area contributed by atoms with Crippen LogP contribution in [-0.4, -0.2) is 11.3 Å². The third-order valence-electron chi connectivity index (χ3n) is 1.30. The zero-order valence-corrected chi connectivity index (χ0v) is 6.81. The summed E-state index contributed by atoms with van der Waals surface area (Å²) in [6.07, 6.45) is -3.82. The molecule has 0 aliphatic heterocycles. The van der Waals surface area contributed by atoms with Gasteiger partial charge in [0.1, 0.15) is 12.4 Å². The summed E-state index contributed by atoms with van der Waals surface area (Å²) in [4.78, 5) is 3.36. The number of hydrogen-bond donors (Lipinski definition) is 1. The van der Waals surface area contributed by atoms with Gasteiger partial charge >= 0.3 is 6.36 Å². The van der Waals surface area contributed by atoms with E-state index < -0.39 is 24.5 Å². The molecule has 0 spiro atoms. The smallest absolute Gasteiger partial charge is 0.404 e. The summed E-state index contributed by atoms with van der Waals surface area (Å²) in [6, 6.07) is 0.870. The van der Waals surface area contributed by atoms with Gasteiger partial charge in [0, 0.05) is 6.07 Å². The van der Waals surface area contributed by atoms with Gasteiger partial charge in [-0.25, -0.2) is 4.39 Å². The second-order valence-electron chi connectivity index (χ2n) is 2.39. The number of alkyl halides is 4. The van der Waals surface area contributed by atoms with Crippen molar-refractivity contribution < 1.29 is 22.3 Å². The Balaban J connectivity index is 2.99.